The number of rotatable bonds is 4. The van der Waals surface area contributed by atoms with Crippen molar-refractivity contribution in [3.05, 3.63) is 42.0 Å². The largest absolute Gasteiger partial charge is 0.495 e. The second-order valence-electron chi connectivity index (χ2n) is 5.71. The van der Waals surface area contributed by atoms with E-state index in [0.29, 0.717) is 6.04 Å². The lowest BCUT2D eigenvalue weighted by molar-refractivity contribution is 0.415. The highest BCUT2D eigenvalue weighted by atomic mass is 16.5. The highest BCUT2D eigenvalue weighted by molar-refractivity contribution is 6.10. The fraction of sp³-hybridized carbons (Fsp3) is 0.471. The van der Waals surface area contributed by atoms with Crippen molar-refractivity contribution < 1.29 is 4.74 Å². The van der Waals surface area contributed by atoms with E-state index < -0.39 is 0 Å². The molecular formula is C17H23N3O. The molecule has 1 saturated carbocycles. The topological polar surface area (TPSA) is 49.4 Å². The second-order valence-corrected chi connectivity index (χ2v) is 5.71. The molecule has 3 rings (SSSR count). The van der Waals surface area contributed by atoms with Gasteiger partial charge in [-0.2, -0.15) is 0 Å². The molecule has 0 radical (unpaired) electrons. The molecule has 0 atom stereocenters. The van der Waals surface area contributed by atoms with E-state index in [9.17, 15) is 0 Å². The number of hydrogen-bond acceptors (Lipinski definition) is 3. The summed E-state index contributed by atoms with van der Waals surface area (Å²) in [4.78, 5) is 7.81. The van der Waals surface area contributed by atoms with Gasteiger partial charge in [-0.3, -0.25) is 0 Å². The van der Waals surface area contributed by atoms with Crippen LogP contribution in [0.4, 0.5) is 0 Å². The van der Waals surface area contributed by atoms with Crippen molar-refractivity contribution in [2.45, 2.75) is 44.6 Å². The number of methoxy groups -OCH3 is 1. The van der Waals surface area contributed by atoms with E-state index >= 15 is 0 Å². The van der Waals surface area contributed by atoms with Crippen LogP contribution >= 0.6 is 0 Å². The van der Waals surface area contributed by atoms with Crippen molar-refractivity contribution in [3.8, 4) is 5.75 Å². The first-order valence-corrected chi connectivity index (χ1v) is 7.81. The zero-order valence-corrected chi connectivity index (χ0v) is 12.6. The van der Waals surface area contributed by atoms with Crippen molar-refractivity contribution >= 4 is 5.71 Å². The average molecular weight is 285 g/mol. The summed E-state index contributed by atoms with van der Waals surface area (Å²) >= 11 is 0. The molecular weight excluding hydrogens is 262 g/mol. The van der Waals surface area contributed by atoms with Gasteiger partial charge in [-0.15, -0.1) is 0 Å². The molecule has 112 valence electrons. The number of allylic oxidation sites excluding steroid dienone is 2. The number of aliphatic imine (C=N–C) groups is 1. The smallest absolute Gasteiger partial charge is 0.136 e. The number of hydrogen-bond donors (Lipinski definition) is 2. The highest BCUT2D eigenvalue weighted by Crippen LogP contribution is 2.19. The van der Waals surface area contributed by atoms with Crippen molar-refractivity contribution in [2.75, 3.05) is 7.11 Å². The minimum Gasteiger partial charge on any atom is -0.495 e. The molecule has 2 aliphatic rings. The van der Waals surface area contributed by atoms with Crippen LogP contribution in [-0.2, 0) is 0 Å². The molecule has 2 N–H and O–H groups in total. The summed E-state index contributed by atoms with van der Waals surface area (Å²) in [5.41, 5.74) is 2.93. The summed E-state index contributed by atoms with van der Waals surface area (Å²) in [5, 5.41) is 3.54. The fourth-order valence-corrected chi connectivity index (χ4v) is 2.90. The number of nitrogens with one attached hydrogen (secondary N) is 2. The molecule has 1 aromatic rings. The molecule has 1 aliphatic carbocycles. The quantitative estimate of drug-likeness (QED) is 0.831. The van der Waals surface area contributed by atoms with E-state index in [-0.39, 0.29) is 0 Å². The standard InChI is InChI=1S/C17H23N3O/c1-21-15-10-17(19-12-15)16-9-8-14(20-16)11-18-13-6-4-2-3-5-7-13/h8-13,18-19H,2-7H2,1H3/b14-11+. The zero-order valence-electron chi connectivity index (χ0n) is 12.6. The molecule has 0 spiro atoms. The SMILES string of the molecule is COc1c[nH]c(C2=N/C(=C/NC3CCCCCC3)C=C2)c1. The molecule has 1 aliphatic heterocycles. The molecule has 4 nitrogen and oxygen atoms in total. The molecule has 0 aromatic carbocycles. The van der Waals surface area contributed by atoms with Gasteiger partial charge in [0.2, 0.25) is 0 Å². The number of aromatic nitrogens is 1. The zero-order chi connectivity index (χ0) is 14.5. The lowest BCUT2D eigenvalue weighted by Gasteiger charge is -2.14. The third kappa shape index (κ3) is 3.57. The number of aromatic amines is 1. The van der Waals surface area contributed by atoms with Crippen molar-refractivity contribution in [1.82, 2.24) is 10.3 Å². The van der Waals surface area contributed by atoms with E-state index in [2.05, 4.69) is 21.5 Å². The summed E-state index contributed by atoms with van der Waals surface area (Å²) in [6.07, 6.45) is 16.0. The van der Waals surface area contributed by atoms with Crippen LogP contribution in [0, 0.1) is 0 Å². The lowest BCUT2D eigenvalue weighted by atomic mass is 10.1. The summed E-state index contributed by atoms with van der Waals surface area (Å²) in [5.74, 6) is 0.829. The van der Waals surface area contributed by atoms with Gasteiger partial charge in [-0.25, -0.2) is 4.99 Å². The predicted octanol–water partition coefficient (Wildman–Crippen LogP) is 3.54. The first-order valence-electron chi connectivity index (χ1n) is 7.81. The highest BCUT2D eigenvalue weighted by Gasteiger charge is 2.12. The minimum atomic E-state index is 0.609. The maximum absolute atomic E-state index is 5.18. The summed E-state index contributed by atoms with van der Waals surface area (Å²) in [6, 6.07) is 2.57. The molecule has 0 unspecified atom stereocenters. The summed E-state index contributed by atoms with van der Waals surface area (Å²) < 4.78 is 5.18. The van der Waals surface area contributed by atoms with Gasteiger partial charge in [0.1, 0.15) is 5.75 Å². The summed E-state index contributed by atoms with van der Waals surface area (Å²) in [6.45, 7) is 0. The Labute approximate surface area is 126 Å². The van der Waals surface area contributed by atoms with Gasteiger partial charge in [0.25, 0.3) is 0 Å². The Kier molecular flexibility index (Phi) is 4.43. The average Bonchev–Trinajstić information content (AvgIpc) is 3.09. The fourth-order valence-electron chi connectivity index (χ4n) is 2.90. The molecule has 2 heterocycles. The molecule has 0 saturated heterocycles. The first-order chi connectivity index (χ1) is 10.3. The van der Waals surface area contributed by atoms with Gasteiger partial charge in [-0.1, -0.05) is 25.7 Å². The van der Waals surface area contributed by atoms with Gasteiger partial charge >= 0.3 is 0 Å². The van der Waals surface area contributed by atoms with Gasteiger partial charge in [0, 0.05) is 24.5 Å². The van der Waals surface area contributed by atoms with E-state index in [0.717, 1.165) is 22.9 Å². The van der Waals surface area contributed by atoms with Crippen LogP contribution in [0.3, 0.4) is 0 Å². The Hall–Kier alpha value is -1.97. The van der Waals surface area contributed by atoms with E-state index in [1.165, 1.54) is 38.5 Å². The monoisotopic (exact) mass is 285 g/mol. The normalized spacial score (nSPS) is 21.4. The minimum absolute atomic E-state index is 0.609. The molecule has 0 amide bonds. The van der Waals surface area contributed by atoms with E-state index in [1.807, 2.05) is 24.4 Å². The number of H-pyrrole nitrogens is 1. The maximum atomic E-state index is 5.18. The molecule has 0 bridgehead atoms. The summed E-state index contributed by atoms with van der Waals surface area (Å²) in [7, 11) is 1.67. The Balaban J connectivity index is 1.62. The Morgan fingerprint density at radius 1 is 1.24 bits per heavy atom. The van der Waals surface area contributed by atoms with Gasteiger partial charge < -0.3 is 15.0 Å². The first kappa shape index (κ1) is 14.0. The van der Waals surface area contributed by atoms with Crippen LogP contribution in [0.1, 0.15) is 44.2 Å². The van der Waals surface area contributed by atoms with Crippen LogP contribution in [0.2, 0.25) is 0 Å². The molecule has 1 fully saturated rings. The van der Waals surface area contributed by atoms with E-state index in [1.54, 1.807) is 7.11 Å². The van der Waals surface area contributed by atoms with Crippen molar-refractivity contribution in [1.29, 1.82) is 0 Å². The van der Waals surface area contributed by atoms with Gasteiger partial charge in [-0.05, 0) is 25.0 Å². The van der Waals surface area contributed by atoms with Crippen LogP contribution in [-0.4, -0.2) is 23.8 Å². The van der Waals surface area contributed by atoms with Crippen LogP contribution in [0.25, 0.3) is 0 Å². The second kappa shape index (κ2) is 6.66. The Morgan fingerprint density at radius 2 is 2.05 bits per heavy atom. The third-order valence-electron chi connectivity index (χ3n) is 4.15. The van der Waals surface area contributed by atoms with Crippen LogP contribution in [0.5, 0.6) is 5.75 Å². The Morgan fingerprint density at radius 3 is 2.76 bits per heavy atom. The van der Waals surface area contributed by atoms with Crippen molar-refractivity contribution in [3.63, 3.8) is 0 Å². The molecule has 1 aromatic heterocycles. The number of nitrogens with zero attached hydrogens (tertiary/aromatic N) is 1. The van der Waals surface area contributed by atoms with Gasteiger partial charge in [0.15, 0.2) is 0 Å². The van der Waals surface area contributed by atoms with Crippen LogP contribution < -0.4 is 10.1 Å². The van der Waals surface area contributed by atoms with E-state index in [4.69, 9.17) is 4.74 Å². The number of ether oxygens (including phenoxy) is 1. The van der Waals surface area contributed by atoms with Gasteiger partial charge in [0.05, 0.1) is 24.2 Å². The third-order valence-corrected chi connectivity index (χ3v) is 4.15. The lowest BCUT2D eigenvalue weighted by Crippen LogP contribution is -2.23. The predicted molar refractivity (Wildman–Crippen MR) is 85.7 cm³/mol. The van der Waals surface area contributed by atoms with Crippen LogP contribution in [0.15, 0.2) is 41.3 Å². The molecule has 21 heavy (non-hydrogen) atoms. The van der Waals surface area contributed by atoms with Crippen molar-refractivity contribution in [2.24, 2.45) is 4.99 Å². The molecule has 4 heteroatoms. The Bertz CT molecular complexity index is 560. The maximum Gasteiger partial charge on any atom is 0.136 e.